The van der Waals surface area contributed by atoms with Crippen LogP contribution in [0.5, 0.6) is 0 Å². The quantitative estimate of drug-likeness (QED) is 0.905. The fourth-order valence-electron chi connectivity index (χ4n) is 2.22. The van der Waals surface area contributed by atoms with Gasteiger partial charge in [0.05, 0.1) is 5.69 Å². The monoisotopic (exact) mass is 283 g/mol. The molecular formula is C13H21N3O2S. The first-order valence-electron chi connectivity index (χ1n) is 6.47. The van der Waals surface area contributed by atoms with Crippen molar-refractivity contribution in [2.24, 2.45) is 0 Å². The summed E-state index contributed by atoms with van der Waals surface area (Å²) in [7, 11) is 0. The van der Waals surface area contributed by atoms with Gasteiger partial charge in [-0.1, -0.05) is 5.16 Å². The first-order valence-corrected chi connectivity index (χ1v) is 7.46. The molecule has 0 bridgehead atoms. The number of thioether (sulfide) groups is 1. The van der Waals surface area contributed by atoms with E-state index in [0.717, 1.165) is 35.9 Å². The number of nitrogens with one attached hydrogen (secondary N) is 1. The Hall–Kier alpha value is -1.17. The van der Waals surface area contributed by atoms with Crippen molar-refractivity contribution in [3.05, 3.63) is 17.0 Å². The normalized spacial score (nSPS) is 18.4. The Morgan fingerprint density at radius 1 is 1.53 bits per heavy atom. The number of urea groups is 1. The molecule has 1 aromatic rings. The number of amides is 2. The van der Waals surface area contributed by atoms with Gasteiger partial charge >= 0.3 is 6.03 Å². The standard InChI is InChI=1S/C13H21N3O2S/c1-9-11(10(2)18-15-9)7-14-12(17)16-5-6-19-13(3,4)8-16/h5-8H2,1-4H3,(H,14,17). The summed E-state index contributed by atoms with van der Waals surface area (Å²) < 4.78 is 5.23. The Morgan fingerprint density at radius 3 is 2.84 bits per heavy atom. The SMILES string of the molecule is Cc1noc(C)c1CNC(=O)N1CCSC(C)(C)C1. The van der Waals surface area contributed by atoms with E-state index in [2.05, 4.69) is 24.3 Å². The van der Waals surface area contributed by atoms with Crippen molar-refractivity contribution in [3.8, 4) is 0 Å². The summed E-state index contributed by atoms with van der Waals surface area (Å²) in [6, 6.07) is -0.00613. The van der Waals surface area contributed by atoms with Gasteiger partial charge in [0, 0.05) is 35.7 Å². The van der Waals surface area contributed by atoms with Crippen LogP contribution in [0.2, 0.25) is 0 Å². The minimum Gasteiger partial charge on any atom is -0.361 e. The zero-order valence-electron chi connectivity index (χ0n) is 11.9. The van der Waals surface area contributed by atoms with Crippen molar-refractivity contribution < 1.29 is 9.32 Å². The molecular weight excluding hydrogens is 262 g/mol. The predicted octanol–water partition coefficient (Wildman–Crippen LogP) is 2.33. The van der Waals surface area contributed by atoms with Gasteiger partial charge in [-0.3, -0.25) is 0 Å². The van der Waals surface area contributed by atoms with Crippen LogP contribution in [0.4, 0.5) is 4.79 Å². The Balaban J connectivity index is 1.91. The molecule has 1 aliphatic heterocycles. The zero-order valence-corrected chi connectivity index (χ0v) is 12.8. The smallest absolute Gasteiger partial charge is 0.317 e. The molecule has 0 radical (unpaired) electrons. The number of carbonyl (C=O) groups excluding carboxylic acids is 1. The van der Waals surface area contributed by atoms with E-state index in [0.29, 0.717) is 6.54 Å². The molecule has 19 heavy (non-hydrogen) atoms. The van der Waals surface area contributed by atoms with Gasteiger partial charge in [0.25, 0.3) is 0 Å². The van der Waals surface area contributed by atoms with Crippen LogP contribution in [0.15, 0.2) is 4.52 Å². The fourth-order valence-corrected chi connectivity index (χ4v) is 3.33. The van der Waals surface area contributed by atoms with E-state index < -0.39 is 0 Å². The molecule has 2 heterocycles. The lowest BCUT2D eigenvalue weighted by Crippen LogP contribution is -2.49. The van der Waals surface area contributed by atoms with Gasteiger partial charge in [-0.2, -0.15) is 11.8 Å². The summed E-state index contributed by atoms with van der Waals surface area (Å²) in [4.78, 5) is 14.0. The highest BCUT2D eigenvalue weighted by Crippen LogP contribution is 2.29. The summed E-state index contributed by atoms with van der Waals surface area (Å²) in [6.45, 7) is 10.2. The number of carbonyl (C=O) groups is 1. The molecule has 0 aromatic carbocycles. The molecule has 1 saturated heterocycles. The van der Waals surface area contributed by atoms with E-state index in [1.165, 1.54) is 0 Å². The summed E-state index contributed by atoms with van der Waals surface area (Å²) in [5.41, 5.74) is 1.81. The third-order valence-electron chi connectivity index (χ3n) is 3.31. The van der Waals surface area contributed by atoms with Crippen molar-refractivity contribution in [1.29, 1.82) is 0 Å². The third kappa shape index (κ3) is 3.43. The van der Waals surface area contributed by atoms with Crippen molar-refractivity contribution in [2.75, 3.05) is 18.8 Å². The second-order valence-electron chi connectivity index (χ2n) is 5.49. The van der Waals surface area contributed by atoms with Crippen molar-refractivity contribution in [1.82, 2.24) is 15.4 Å². The number of nitrogens with zero attached hydrogens (tertiary/aromatic N) is 2. The highest BCUT2D eigenvalue weighted by atomic mass is 32.2. The van der Waals surface area contributed by atoms with Gasteiger partial charge in [-0.25, -0.2) is 4.79 Å². The molecule has 0 spiro atoms. The van der Waals surface area contributed by atoms with Crippen LogP contribution in [0.25, 0.3) is 0 Å². The van der Waals surface area contributed by atoms with Crippen LogP contribution in [-0.2, 0) is 6.54 Å². The molecule has 1 aromatic heterocycles. The van der Waals surface area contributed by atoms with Crippen LogP contribution in [0.3, 0.4) is 0 Å². The van der Waals surface area contributed by atoms with E-state index >= 15 is 0 Å². The van der Waals surface area contributed by atoms with Gasteiger partial charge in [0.1, 0.15) is 5.76 Å². The highest BCUT2D eigenvalue weighted by molar-refractivity contribution is 8.00. The molecule has 0 aliphatic carbocycles. The molecule has 0 saturated carbocycles. The number of rotatable bonds is 2. The topological polar surface area (TPSA) is 58.4 Å². The zero-order chi connectivity index (χ0) is 14.0. The van der Waals surface area contributed by atoms with Crippen LogP contribution in [-0.4, -0.2) is 39.7 Å². The van der Waals surface area contributed by atoms with Crippen molar-refractivity contribution >= 4 is 17.8 Å². The average molecular weight is 283 g/mol. The lowest BCUT2D eigenvalue weighted by Gasteiger charge is -2.37. The summed E-state index contributed by atoms with van der Waals surface area (Å²) in [5, 5.41) is 6.84. The summed E-state index contributed by atoms with van der Waals surface area (Å²) >= 11 is 1.92. The maximum Gasteiger partial charge on any atom is 0.317 e. The fraction of sp³-hybridized carbons (Fsp3) is 0.692. The molecule has 5 nitrogen and oxygen atoms in total. The molecule has 1 aliphatic rings. The molecule has 6 heteroatoms. The van der Waals surface area contributed by atoms with Gasteiger partial charge in [-0.05, 0) is 27.7 Å². The Morgan fingerprint density at radius 2 is 2.26 bits per heavy atom. The predicted molar refractivity (Wildman–Crippen MR) is 76.3 cm³/mol. The molecule has 1 fully saturated rings. The second kappa shape index (κ2) is 5.45. The first kappa shape index (κ1) is 14.2. The minimum absolute atomic E-state index is 0.00613. The number of hydrogen-bond donors (Lipinski definition) is 1. The van der Waals surface area contributed by atoms with Crippen LogP contribution >= 0.6 is 11.8 Å². The largest absolute Gasteiger partial charge is 0.361 e. The Labute approximate surface area is 118 Å². The van der Waals surface area contributed by atoms with E-state index in [1.54, 1.807) is 0 Å². The molecule has 2 rings (SSSR count). The van der Waals surface area contributed by atoms with E-state index in [9.17, 15) is 4.79 Å². The lowest BCUT2D eigenvalue weighted by atomic mass is 10.2. The second-order valence-corrected chi connectivity index (χ2v) is 7.29. The Kier molecular flexibility index (Phi) is 4.08. The maximum atomic E-state index is 12.2. The maximum absolute atomic E-state index is 12.2. The van der Waals surface area contributed by atoms with Gasteiger partial charge in [0.2, 0.25) is 0 Å². The van der Waals surface area contributed by atoms with Crippen molar-refractivity contribution in [3.63, 3.8) is 0 Å². The van der Waals surface area contributed by atoms with Gasteiger partial charge < -0.3 is 14.7 Å². The van der Waals surface area contributed by atoms with E-state index in [1.807, 2.05) is 30.5 Å². The minimum atomic E-state index is -0.00613. The number of hydrogen-bond acceptors (Lipinski definition) is 4. The third-order valence-corrected chi connectivity index (χ3v) is 4.61. The van der Waals surface area contributed by atoms with E-state index in [4.69, 9.17) is 4.52 Å². The molecule has 1 N–H and O–H groups in total. The molecule has 0 atom stereocenters. The number of aromatic nitrogens is 1. The highest BCUT2D eigenvalue weighted by Gasteiger charge is 2.29. The summed E-state index contributed by atoms with van der Waals surface area (Å²) in [6.07, 6.45) is 0. The molecule has 106 valence electrons. The van der Waals surface area contributed by atoms with Crippen LogP contribution in [0, 0.1) is 13.8 Å². The van der Waals surface area contributed by atoms with Crippen molar-refractivity contribution in [2.45, 2.75) is 39.0 Å². The average Bonchev–Trinajstić information content (AvgIpc) is 2.65. The van der Waals surface area contributed by atoms with Gasteiger partial charge in [-0.15, -0.1) is 0 Å². The van der Waals surface area contributed by atoms with E-state index in [-0.39, 0.29) is 10.8 Å². The summed E-state index contributed by atoms with van der Waals surface area (Å²) in [5.74, 6) is 1.76. The van der Waals surface area contributed by atoms with Gasteiger partial charge in [0.15, 0.2) is 0 Å². The lowest BCUT2D eigenvalue weighted by molar-refractivity contribution is 0.194. The first-order chi connectivity index (χ1) is 8.89. The van der Waals surface area contributed by atoms with Crippen LogP contribution in [0.1, 0.15) is 30.9 Å². The number of aryl methyl sites for hydroxylation is 2. The Bertz CT molecular complexity index is 451. The molecule has 2 amide bonds. The molecule has 0 unspecified atom stereocenters. The van der Waals surface area contributed by atoms with Crippen LogP contribution < -0.4 is 5.32 Å².